The van der Waals surface area contributed by atoms with E-state index in [0.717, 1.165) is 48.1 Å². The molecule has 0 spiro atoms. The second-order valence-corrected chi connectivity index (χ2v) is 8.64. The highest BCUT2D eigenvalue weighted by Crippen LogP contribution is 2.28. The van der Waals surface area contributed by atoms with E-state index in [2.05, 4.69) is 11.4 Å². The molecule has 0 bridgehead atoms. The van der Waals surface area contributed by atoms with E-state index in [1.807, 2.05) is 58.8 Å². The summed E-state index contributed by atoms with van der Waals surface area (Å²) in [5.41, 5.74) is 9.01. The Morgan fingerprint density at radius 2 is 1.73 bits per heavy atom. The number of amides is 2. The summed E-state index contributed by atoms with van der Waals surface area (Å²) < 4.78 is 5.66. The van der Waals surface area contributed by atoms with Gasteiger partial charge in [-0.2, -0.15) is 0 Å². The number of hydrogen-bond donors (Lipinski definition) is 2. The van der Waals surface area contributed by atoms with Crippen LogP contribution >= 0.6 is 22.6 Å². The van der Waals surface area contributed by atoms with Gasteiger partial charge in [0.05, 0.1) is 7.11 Å². The number of carbonyl (C=O) groups excluding carboxylic acids is 2. The molecular weight excluding hydrogens is 493 g/mol. The Kier molecular flexibility index (Phi) is 7.71. The zero-order chi connectivity index (χ0) is 21.7. The summed E-state index contributed by atoms with van der Waals surface area (Å²) >= 11 is 1.86. The van der Waals surface area contributed by atoms with Gasteiger partial charge in [0.25, 0.3) is 3.91 Å². The van der Waals surface area contributed by atoms with Gasteiger partial charge < -0.3 is 20.7 Å². The molecular formula is C23H28IN3O3. The number of hydrogen-bond acceptors (Lipinski definition) is 4. The fourth-order valence-corrected chi connectivity index (χ4v) is 4.38. The maximum Gasteiger partial charge on any atom is 0.283 e. The highest BCUT2D eigenvalue weighted by molar-refractivity contribution is 14.1. The lowest BCUT2D eigenvalue weighted by atomic mass is 9.90. The normalized spacial score (nSPS) is 18.6. The van der Waals surface area contributed by atoms with Crippen LogP contribution in [0.4, 0.5) is 4.79 Å². The highest BCUT2D eigenvalue weighted by atomic mass is 127. The van der Waals surface area contributed by atoms with Gasteiger partial charge >= 0.3 is 0 Å². The zero-order valence-corrected chi connectivity index (χ0v) is 19.5. The van der Waals surface area contributed by atoms with Gasteiger partial charge in [-0.15, -0.1) is 0 Å². The molecule has 0 aromatic heterocycles. The molecule has 3 N–H and O–H groups in total. The minimum absolute atomic E-state index is 0.106. The van der Waals surface area contributed by atoms with Crippen molar-refractivity contribution in [3.8, 4) is 16.9 Å². The first-order chi connectivity index (χ1) is 14.4. The number of carbonyl (C=O) groups is 2. The van der Waals surface area contributed by atoms with Gasteiger partial charge in [-0.05, 0) is 61.1 Å². The lowest BCUT2D eigenvalue weighted by molar-refractivity contribution is 0.100. The maximum absolute atomic E-state index is 11.6. The van der Waals surface area contributed by atoms with E-state index in [-0.39, 0.29) is 3.91 Å². The monoisotopic (exact) mass is 521 g/mol. The van der Waals surface area contributed by atoms with Gasteiger partial charge in [-0.25, -0.2) is 0 Å². The van der Waals surface area contributed by atoms with E-state index in [9.17, 15) is 9.59 Å². The molecule has 3 rings (SSSR count). The van der Waals surface area contributed by atoms with Crippen molar-refractivity contribution in [2.24, 2.45) is 5.73 Å². The van der Waals surface area contributed by atoms with Crippen LogP contribution in [0, 0.1) is 0 Å². The average Bonchev–Trinajstić information content (AvgIpc) is 2.77. The number of nitrogens with one attached hydrogen (secondary N) is 1. The Morgan fingerprint density at radius 3 is 2.30 bits per heavy atom. The van der Waals surface area contributed by atoms with E-state index in [4.69, 9.17) is 10.5 Å². The van der Waals surface area contributed by atoms with E-state index < -0.39 is 5.91 Å². The molecule has 1 fully saturated rings. The molecule has 30 heavy (non-hydrogen) atoms. The van der Waals surface area contributed by atoms with Crippen LogP contribution in [0.15, 0.2) is 42.5 Å². The molecule has 1 aliphatic carbocycles. The van der Waals surface area contributed by atoms with Gasteiger partial charge in [-0.1, -0.05) is 18.2 Å². The topological polar surface area (TPSA) is 84.7 Å². The Balaban J connectivity index is 1.65. The summed E-state index contributed by atoms with van der Waals surface area (Å²) in [6, 6.07) is 14.2. The highest BCUT2D eigenvalue weighted by Gasteiger charge is 2.25. The van der Waals surface area contributed by atoms with Crippen molar-refractivity contribution in [2.75, 3.05) is 14.2 Å². The predicted octanol–water partition coefficient (Wildman–Crippen LogP) is 4.35. The van der Waals surface area contributed by atoms with Crippen molar-refractivity contribution in [3.05, 3.63) is 53.6 Å². The first kappa shape index (κ1) is 22.6. The number of nitrogens with two attached hydrogens (primary N) is 1. The van der Waals surface area contributed by atoms with Gasteiger partial charge in [-0.3, -0.25) is 9.59 Å². The number of halogens is 1. The van der Waals surface area contributed by atoms with Gasteiger partial charge in [0.2, 0.25) is 5.91 Å². The molecule has 0 atom stereocenters. The third-order valence-corrected chi connectivity index (χ3v) is 6.65. The standard InChI is InChI=1S/C23H28IN3O3/c1-27(23(24)29)20-10-8-19(9-11-20)26-14-18-13-17(7-12-21(18)30-2)15-3-5-16(6-4-15)22(25)28/h3-7,12-13,19-20,26H,8-11,14H2,1-2H3,(H2,25,28)/t19-,20-. The van der Waals surface area contributed by atoms with Crippen LogP contribution in [0.25, 0.3) is 11.1 Å². The van der Waals surface area contributed by atoms with Crippen LogP contribution in [0.3, 0.4) is 0 Å². The molecule has 1 aliphatic rings. The first-order valence-corrected chi connectivity index (χ1v) is 11.2. The predicted molar refractivity (Wildman–Crippen MR) is 127 cm³/mol. The molecule has 160 valence electrons. The number of primary amides is 1. The first-order valence-electron chi connectivity index (χ1n) is 10.1. The largest absolute Gasteiger partial charge is 0.496 e. The molecule has 0 heterocycles. The lowest BCUT2D eigenvalue weighted by Gasteiger charge is -2.34. The summed E-state index contributed by atoms with van der Waals surface area (Å²) in [6.45, 7) is 0.715. The minimum atomic E-state index is -0.426. The van der Waals surface area contributed by atoms with Crippen LogP contribution < -0.4 is 15.8 Å². The molecule has 2 aromatic carbocycles. The SMILES string of the molecule is COc1ccc(-c2ccc(C(N)=O)cc2)cc1CN[C@H]1CC[C@H](N(C)C(=O)I)CC1. The molecule has 2 aromatic rings. The molecule has 2 amide bonds. The molecule has 7 heteroatoms. The summed E-state index contributed by atoms with van der Waals surface area (Å²) in [7, 11) is 3.57. The zero-order valence-electron chi connectivity index (χ0n) is 17.4. The van der Waals surface area contributed by atoms with Crippen molar-refractivity contribution in [1.82, 2.24) is 10.2 Å². The molecule has 6 nitrogen and oxygen atoms in total. The molecule has 0 aliphatic heterocycles. The van der Waals surface area contributed by atoms with Gasteiger partial charge in [0, 0.05) is 59.4 Å². The van der Waals surface area contributed by atoms with Crippen LogP contribution in [-0.2, 0) is 6.54 Å². The van der Waals surface area contributed by atoms with Crippen LogP contribution in [0.1, 0.15) is 41.6 Å². The number of methoxy groups -OCH3 is 1. The number of ether oxygens (including phenoxy) is 1. The van der Waals surface area contributed by atoms with Crippen molar-refractivity contribution < 1.29 is 14.3 Å². The molecule has 0 unspecified atom stereocenters. The second-order valence-electron chi connectivity index (χ2n) is 7.72. The van der Waals surface area contributed by atoms with Crippen molar-refractivity contribution in [2.45, 2.75) is 44.3 Å². The average molecular weight is 521 g/mol. The van der Waals surface area contributed by atoms with E-state index in [0.29, 0.717) is 24.2 Å². The smallest absolute Gasteiger partial charge is 0.283 e. The second kappa shape index (κ2) is 10.3. The number of rotatable bonds is 7. The Morgan fingerprint density at radius 1 is 1.10 bits per heavy atom. The third-order valence-electron chi connectivity index (χ3n) is 5.89. The Labute approximate surface area is 191 Å². The van der Waals surface area contributed by atoms with Crippen molar-refractivity contribution >= 4 is 32.4 Å². The minimum Gasteiger partial charge on any atom is -0.496 e. The van der Waals surface area contributed by atoms with Crippen LogP contribution in [0.5, 0.6) is 5.75 Å². The summed E-state index contributed by atoms with van der Waals surface area (Å²) in [5, 5.41) is 3.66. The fraction of sp³-hybridized carbons (Fsp3) is 0.391. The van der Waals surface area contributed by atoms with Gasteiger partial charge in [0.15, 0.2) is 0 Å². The molecule has 1 saturated carbocycles. The van der Waals surface area contributed by atoms with Gasteiger partial charge in [0.1, 0.15) is 5.75 Å². The Hall–Kier alpha value is -2.13. The van der Waals surface area contributed by atoms with E-state index in [1.165, 1.54) is 0 Å². The lowest BCUT2D eigenvalue weighted by Crippen LogP contribution is -2.41. The fourth-order valence-electron chi connectivity index (χ4n) is 3.99. The van der Waals surface area contributed by atoms with Crippen LogP contribution in [0.2, 0.25) is 0 Å². The quantitative estimate of drug-likeness (QED) is 0.323. The third kappa shape index (κ3) is 5.51. The maximum atomic E-state index is 11.6. The number of benzene rings is 2. The molecule has 0 saturated heterocycles. The summed E-state index contributed by atoms with van der Waals surface area (Å²) in [4.78, 5) is 24.7. The molecule has 0 radical (unpaired) electrons. The Bertz CT molecular complexity index is 893. The van der Waals surface area contributed by atoms with Crippen molar-refractivity contribution in [1.29, 1.82) is 0 Å². The van der Waals surface area contributed by atoms with E-state index in [1.54, 1.807) is 19.2 Å². The summed E-state index contributed by atoms with van der Waals surface area (Å²) in [6.07, 6.45) is 4.14. The summed E-state index contributed by atoms with van der Waals surface area (Å²) in [5.74, 6) is 0.425. The van der Waals surface area contributed by atoms with Crippen molar-refractivity contribution in [3.63, 3.8) is 0 Å². The number of nitrogens with zero attached hydrogens (tertiary/aromatic N) is 1. The van der Waals surface area contributed by atoms with E-state index >= 15 is 0 Å². The van der Waals surface area contributed by atoms with Crippen LogP contribution in [-0.4, -0.2) is 41.0 Å².